The number of sulfone groups is 1. The molecule has 186 valence electrons. The third kappa shape index (κ3) is 6.34. The number of hydrogen-bond acceptors (Lipinski definition) is 6. The summed E-state index contributed by atoms with van der Waals surface area (Å²) in [5, 5.41) is 9.18. The minimum Gasteiger partial charge on any atom is -0.492 e. The number of benzene rings is 2. The minimum atomic E-state index is -2.94. The van der Waals surface area contributed by atoms with Gasteiger partial charge < -0.3 is 15.4 Å². The van der Waals surface area contributed by atoms with Crippen molar-refractivity contribution in [3.8, 4) is 17.0 Å². The maximum atomic E-state index is 13.8. The van der Waals surface area contributed by atoms with Crippen LogP contribution in [0.25, 0.3) is 11.3 Å². The van der Waals surface area contributed by atoms with Crippen LogP contribution in [0.2, 0.25) is 0 Å². The van der Waals surface area contributed by atoms with Gasteiger partial charge in [0.1, 0.15) is 24.0 Å². The van der Waals surface area contributed by atoms with Gasteiger partial charge in [0, 0.05) is 50.2 Å². The van der Waals surface area contributed by atoms with E-state index in [0.29, 0.717) is 49.3 Å². The summed E-state index contributed by atoms with van der Waals surface area (Å²) in [7, 11) is -1.17. The van der Waals surface area contributed by atoms with E-state index in [-0.39, 0.29) is 17.2 Å². The lowest BCUT2D eigenvalue weighted by atomic mass is 10.1. The second-order valence-electron chi connectivity index (χ2n) is 8.10. The van der Waals surface area contributed by atoms with Gasteiger partial charge in [0.25, 0.3) is 0 Å². The molecule has 1 aliphatic heterocycles. The Morgan fingerprint density at radius 3 is 2.54 bits per heavy atom. The SMILES string of the molecule is Cn1nccc1-c1cc(NC(=O)Nc2ccc(F)cc2F)ccc1OCCN1CCS(=O)(=O)CC1. The minimum absolute atomic E-state index is 0.150. The number of nitrogens with zero attached hydrogens (tertiary/aromatic N) is 3. The number of nitrogens with one attached hydrogen (secondary N) is 2. The first-order chi connectivity index (χ1) is 16.7. The van der Waals surface area contributed by atoms with E-state index < -0.39 is 27.5 Å². The number of anilines is 2. The monoisotopic (exact) mass is 505 g/mol. The molecule has 3 aromatic rings. The Balaban J connectivity index is 1.45. The number of carbonyl (C=O) groups is 1. The first-order valence-corrected chi connectivity index (χ1v) is 12.7. The number of amides is 2. The Hall–Kier alpha value is -3.51. The van der Waals surface area contributed by atoms with Gasteiger partial charge in [-0.2, -0.15) is 5.10 Å². The van der Waals surface area contributed by atoms with Gasteiger partial charge in [0.2, 0.25) is 0 Å². The molecule has 4 rings (SSSR count). The van der Waals surface area contributed by atoms with E-state index in [2.05, 4.69) is 15.7 Å². The van der Waals surface area contributed by atoms with E-state index in [9.17, 15) is 22.0 Å². The van der Waals surface area contributed by atoms with Crippen LogP contribution in [0.4, 0.5) is 25.0 Å². The van der Waals surface area contributed by atoms with Crippen LogP contribution < -0.4 is 15.4 Å². The molecule has 0 saturated carbocycles. The van der Waals surface area contributed by atoms with E-state index in [0.717, 1.165) is 17.8 Å². The number of aromatic nitrogens is 2. The number of hydrogen-bond donors (Lipinski definition) is 2. The van der Waals surface area contributed by atoms with Crippen molar-refractivity contribution in [3.63, 3.8) is 0 Å². The summed E-state index contributed by atoms with van der Waals surface area (Å²) in [6, 6.07) is 9.04. The Kier molecular flexibility index (Phi) is 7.31. The molecule has 35 heavy (non-hydrogen) atoms. The van der Waals surface area contributed by atoms with Gasteiger partial charge in [0.15, 0.2) is 9.84 Å². The van der Waals surface area contributed by atoms with Crippen LogP contribution >= 0.6 is 0 Å². The van der Waals surface area contributed by atoms with E-state index in [4.69, 9.17) is 4.74 Å². The smallest absolute Gasteiger partial charge is 0.323 e. The molecular weight excluding hydrogens is 480 g/mol. The fourth-order valence-electron chi connectivity index (χ4n) is 3.71. The zero-order chi connectivity index (χ0) is 25.0. The predicted molar refractivity (Wildman–Crippen MR) is 128 cm³/mol. The van der Waals surface area contributed by atoms with Crippen LogP contribution in [0, 0.1) is 11.6 Å². The first kappa shape index (κ1) is 24.6. The molecule has 0 bridgehead atoms. The van der Waals surface area contributed by atoms with Gasteiger partial charge in [-0.3, -0.25) is 9.58 Å². The van der Waals surface area contributed by atoms with Crippen LogP contribution in [-0.2, 0) is 16.9 Å². The summed E-state index contributed by atoms with van der Waals surface area (Å²) in [6.07, 6.45) is 1.64. The van der Waals surface area contributed by atoms with Crippen LogP contribution in [0.1, 0.15) is 0 Å². The number of halogens is 2. The summed E-state index contributed by atoms with van der Waals surface area (Å²) in [5.41, 5.74) is 1.70. The highest BCUT2D eigenvalue weighted by Gasteiger charge is 2.21. The topological polar surface area (TPSA) is 106 Å². The van der Waals surface area contributed by atoms with Gasteiger partial charge in [-0.1, -0.05) is 0 Å². The molecule has 1 aliphatic rings. The first-order valence-electron chi connectivity index (χ1n) is 10.9. The molecule has 0 unspecified atom stereocenters. The van der Waals surface area contributed by atoms with E-state index in [1.165, 1.54) is 0 Å². The Labute approximate surface area is 201 Å². The van der Waals surface area contributed by atoms with Gasteiger partial charge in [-0.05, 0) is 36.4 Å². The molecule has 1 fully saturated rings. The molecular formula is C23H25F2N5O4S. The summed E-state index contributed by atoms with van der Waals surface area (Å²) < 4.78 is 57.8. The molecule has 1 saturated heterocycles. The highest BCUT2D eigenvalue weighted by atomic mass is 32.2. The standard InChI is InChI=1S/C23H25F2N5O4S/c1-29-21(6-7-26-29)18-15-17(27-23(31)28-20-4-2-16(24)14-19(20)25)3-5-22(18)34-11-8-30-9-12-35(32,33)13-10-30/h2-7,14-15H,8-13H2,1H3,(H2,27,28,31). The molecule has 0 aliphatic carbocycles. The summed E-state index contributed by atoms with van der Waals surface area (Å²) in [6.45, 7) is 1.88. The summed E-state index contributed by atoms with van der Waals surface area (Å²) in [4.78, 5) is 14.4. The van der Waals surface area contributed by atoms with Crippen molar-refractivity contribution in [2.45, 2.75) is 0 Å². The van der Waals surface area contributed by atoms with Crippen molar-refractivity contribution in [2.75, 3.05) is 48.4 Å². The van der Waals surface area contributed by atoms with Crippen LogP contribution in [0.15, 0.2) is 48.7 Å². The highest BCUT2D eigenvalue weighted by Crippen LogP contribution is 2.32. The van der Waals surface area contributed by atoms with Crippen LogP contribution in [0.5, 0.6) is 5.75 Å². The molecule has 0 radical (unpaired) electrons. The van der Waals surface area contributed by atoms with Gasteiger partial charge in [-0.15, -0.1) is 0 Å². The molecule has 2 aromatic carbocycles. The zero-order valence-corrected chi connectivity index (χ0v) is 19.8. The lowest BCUT2D eigenvalue weighted by Crippen LogP contribution is -2.42. The second kappa shape index (κ2) is 10.4. The van der Waals surface area contributed by atoms with Crippen molar-refractivity contribution in [1.29, 1.82) is 0 Å². The van der Waals surface area contributed by atoms with Crippen molar-refractivity contribution in [1.82, 2.24) is 14.7 Å². The maximum absolute atomic E-state index is 13.8. The number of ether oxygens (including phenoxy) is 1. The van der Waals surface area contributed by atoms with E-state index in [1.54, 1.807) is 42.2 Å². The Bertz CT molecular complexity index is 1320. The van der Waals surface area contributed by atoms with Gasteiger partial charge in [-0.25, -0.2) is 22.0 Å². The quantitative estimate of drug-likeness (QED) is 0.511. The molecule has 2 heterocycles. The van der Waals surface area contributed by atoms with Gasteiger partial charge >= 0.3 is 6.03 Å². The van der Waals surface area contributed by atoms with Crippen molar-refractivity contribution in [3.05, 3.63) is 60.3 Å². The van der Waals surface area contributed by atoms with E-state index >= 15 is 0 Å². The molecule has 0 spiro atoms. The molecule has 2 amide bonds. The lowest BCUT2D eigenvalue weighted by Gasteiger charge is -2.26. The Morgan fingerprint density at radius 2 is 1.86 bits per heavy atom. The van der Waals surface area contributed by atoms with Crippen molar-refractivity contribution < 1.29 is 26.7 Å². The van der Waals surface area contributed by atoms with Crippen molar-refractivity contribution in [2.24, 2.45) is 7.05 Å². The van der Waals surface area contributed by atoms with Crippen LogP contribution in [0.3, 0.4) is 0 Å². The molecule has 12 heteroatoms. The number of aryl methyl sites for hydroxylation is 1. The second-order valence-corrected chi connectivity index (χ2v) is 10.4. The van der Waals surface area contributed by atoms with Gasteiger partial charge in [0.05, 0.1) is 22.9 Å². The molecule has 9 nitrogen and oxygen atoms in total. The predicted octanol–water partition coefficient (Wildman–Crippen LogP) is 3.12. The number of rotatable bonds is 7. The number of carbonyl (C=O) groups excluding carboxylic acids is 1. The third-order valence-electron chi connectivity index (χ3n) is 5.62. The maximum Gasteiger partial charge on any atom is 0.323 e. The molecule has 0 atom stereocenters. The number of urea groups is 1. The van der Waals surface area contributed by atoms with E-state index in [1.807, 2.05) is 4.90 Å². The van der Waals surface area contributed by atoms with Crippen molar-refractivity contribution >= 4 is 27.2 Å². The van der Waals surface area contributed by atoms with Crippen LogP contribution in [-0.4, -0.2) is 66.9 Å². The summed E-state index contributed by atoms with van der Waals surface area (Å²) in [5.74, 6) is -0.760. The lowest BCUT2D eigenvalue weighted by molar-refractivity contribution is 0.220. The average Bonchev–Trinajstić information content (AvgIpc) is 3.23. The Morgan fingerprint density at radius 1 is 1.09 bits per heavy atom. The third-order valence-corrected chi connectivity index (χ3v) is 7.22. The zero-order valence-electron chi connectivity index (χ0n) is 19.0. The highest BCUT2D eigenvalue weighted by molar-refractivity contribution is 7.91. The fourth-order valence-corrected chi connectivity index (χ4v) is 4.98. The largest absolute Gasteiger partial charge is 0.492 e. The summed E-state index contributed by atoms with van der Waals surface area (Å²) >= 11 is 0. The average molecular weight is 506 g/mol. The molecule has 2 N–H and O–H groups in total. The fraction of sp³-hybridized carbons (Fsp3) is 0.304. The molecule has 1 aromatic heterocycles. The normalized spacial score (nSPS) is 15.5.